The van der Waals surface area contributed by atoms with Gasteiger partial charge in [-0.1, -0.05) is 48.0 Å². The van der Waals surface area contributed by atoms with Crippen molar-refractivity contribution >= 4 is 27.1 Å². The third-order valence-electron chi connectivity index (χ3n) is 4.85. The maximum atomic E-state index is 12.9. The summed E-state index contributed by atoms with van der Waals surface area (Å²) in [6.45, 7) is 4.08. The molecule has 0 saturated heterocycles. The third kappa shape index (κ3) is 4.50. The van der Waals surface area contributed by atoms with Crippen molar-refractivity contribution in [1.82, 2.24) is 8.87 Å². The number of sulfonamides is 1. The first-order valence-corrected chi connectivity index (χ1v) is 10.8. The second-order valence-corrected chi connectivity index (χ2v) is 8.86. The van der Waals surface area contributed by atoms with Crippen LogP contribution in [0.1, 0.15) is 18.1 Å². The Kier molecular flexibility index (Phi) is 6.36. The highest BCUT2D eigenvalue weighted by Gasteiger charge is 2.25. The zero-order valence-electron chi connectivity index (χ0n) is 16.4. The minimum Gasteiger partial charge on any atom is -0.411 e. The number of para-hydroxylation sites is 1. The van der Waals surface area contributed by atoms with Gasteiger partial charge in [0.25, 0.3) is 0 Å². The van der Waals surface area contributed by atoms with Gasteiger partial charge in [-0.15, -0.1) is 0 Å². The van der Waals surface area contributed by atoms with Crippen molar-refractivity contribution in [3.63, 3.8) is 0 Å². The molecule has 7 nitrogen and oxygen atoms in total. The number of aryl methyl sites for hydroxylation is 1. The van der Waals surface area contributed by atoms with Crippen LogP contribution in [0.15, 0.2) is 64.8 Å². The molecule has 0 saturated carbocycles. The molecule has 0 amide bonds. The fourth-order valence-corrected chi connectivity index (χ4v) is 4.85. The van der Waals surface area contributed by atoms with Crippen LogP contribution in [0.25, 0.3) is 10.9 Å². The van der Waals surface area contributed by atoms with Crippen LogP contribution in [0.2, 0.25) is 0 Å². The predicted octanol–water partition coefficient (Wildman–Crippen LogP) is 2.83. The number of fused-ring (bicyclic) bond motifs is 1. The Morgan fingerprint density at radius 3 is 2.52 bits per heavy atom. The lowest BCUT2D eigenvalue weighted by molar-refractivity contribution is 0.130. The number of aliphatic hydroxyl groups excluding tert-OH is 1. The monoisotopic (exact) mass is 415 g/mol. The van der Waals surface area contributed by atoms with E-state index >= 15 is 0 Å². The van der Waals surface area contributed by atoms with E-state index < -0.39 is 16.1 Å². The fourth-order valence-electron chi connectivity index (χ4n) is 3.37. The number of hydrogen-bond acceptors (Lipinski definition) is 5. The molecule has 154 valence electrons. The van der Waals surface area contributed by atoms with Crippen molar-refractivity contribution in [3.8, 4) is 0 Å². The Bertz CT molecular complexity index is 1100. The molecule has 1 heterocycles. The minimum atomic E-state index is -3.69. The first-order valence-electron chi connectivity index (χ1n) is 9.37. The Hall–Kier alpha value is -2.68. The average Bonchev–Trinajstić information content (AvgIpc) is 3.04. The van der Waals surface area contributed by atoms with E-state index in [1.807, 2.05) is 35.8 Å². The normalized spacial score (nSPS) is 13.5. The fraction of sp³-hybridized carbons (Fsp3) is 0.286. The molecule has 0 aliphatic rings. The lowest BCUT2D eigenvalue weighted by Crippen LogP contribution is -2.38. The summed E-state index contributed by atoms with van der Waals surface area (Å²) in [5.74, 6) is 0. The van der Waals surface area contributed by atoms with E-state index in [0.717, 1.165) is 22.0 Å². The minimum absolute atomic E-state index is 0.0252. The summed E-state index contributed by atoms with van der Waals surface area (Å²) in [7, 11) is -3.69. The molecular formula is C21H25N3O4S. The van der Waals surface area contributed by atoms with Gasteiger partial charge >= 0.3 is 0 Å². The smallest absolute Gasteiger partial charge is 0.243 e. The van der Waals surface area contributed by atoms with Gasteiger partial charge in [0, 0.05) is 42.3 Å². The Labute approximate surface area is 170 Å². The number of hydrogen-bond donors (Lipinski definition) is 2. The molecule has 2 aromatic carbocycles. The maximum Gasteiger partial charge on any atom is 0.243 e. The van der Waals surface area contributed by atoms with E-state index in [1.54, 1.807) is 37.4 Å². The van der Waals surface area contributed by atoms with Gasteiger partial charge < -0.3 is 14.9 Å². The Balaban J connectivity index is 1.81. The number of oxime groups is 1. The van der Waals surface area contributed by atoms with Gasteiger partial charge in [-0.2, -0.15) is 4.31 Å². The van der Waals surface area contributed by atoms with Crippen LogP contribution in [0.5, 0.6) is 0 Å². The van der Waals surface area contributed by atoms with E-state index in [1.165, 1.54) is 10.5 Å². The molecule has 1 aromatic heterocycles. The van der Waals surface area contributed by atoms with Crippen molar-refractivity contribution in [3.05, 3.63) is 65.9 Å². The highest BCUT2D eigenvalue weighted by Crippen LogP contribution is 2.21. The summed E-state index contributed by atoms with van der Waals surface area (Å²) < 4.78 is 29.0. The SMILES string of the molecule is CCN(CC(O)Cn1cc(C=NO)c2ccccc21)S(=O)(=O)c1ccc(C)cc1. The highest BCUT2D eigenvalue weighted by atomic mass is 32.2. The number of aromatic nitrogens is 1. The second-order valence-electron chi connectivity index (χ2n) is 6.92. The number of nitrogens with zero attached hydrogens (tertiary/aromatic N) is 3. The first-order chi connectivity index (χ1) is 13.9. The molecule has 8 heteroatoms. The molecule has 1 atom stereocenters. The largest absolute Gasteiger partial charge is 0.411 e. The van der Waals surface area contributed by atoms with Crippen molar-refractivity contribution in [2.24, 2.45) is 5.16 Å². The van der Waals surface area contributed by atoms with E-state index in [4.69, 9.17) is 5.21 Å². The lowest BCUT2D eigenvalue weighted by Gasteiger charge is -2.24. The number of rotatable bonds is 8. The zero-order valence-corrected chi connectivity index (χ0v) is 17.2. The molecule has 3 rings (SSSR count). The van der Waals surface area contributed by atoms with Crippen LogP contribution in [0.4, 0.5) is 0 Å². The summed E-state index contributed by atoms with van der Waals surface area (Å²) in [4.78, 5) is 0.213. The van der Waals surface area contributed by atoms with Gasteiger partial charge in [-0.05, 0) is 25.1 Å². The van der Waals surface area contributed by atoms with Gasteiger partial charge in [0.05, 0.1) is 17.2 Å². The van der Waals surface area contributed by atoms with Gasteiger partial charge in [-0.25, -0.2) is 8.42 Å². The topological polar surface area (TPSA) is 95.1 Å². The van der Waals surface area contributed by atoms with Gasteiger partial charge in [0.15, 0.2) is 0 Å². The highest BCUT2D eigenvalue weighted by molar-refractivity contribution is 7.89. The predicted molar refractivity (Wildman–Crippen MR) is 113 cm³/mol. The molecule has 0 bridgehead atoms. The van der Waals surface area contributed by atoms with E-state index in [2.05, 4.69) is 5.16 Å². The first kappa shape index (κ1) is 21.0. The van der Waals surface area contributed by atoms with Crippen molar-refractivity contribution < 1.29 is 18.7 Å². The van der Waals surface area contributed by atoms with Crippen molar-refractivity contribution in [1.29, 1.82) is 0 Å². The zero-order chi connectivity index (χ0) is 21.0. The Morgan fingerprint density at radius 1 is 1.17 bits per heavy atom. The maximum absolute atomic E-state index is 12.9. The Morgan fingerprint density at radius 2 is 1.86 bits per heavy atom. The average molecular weight is 416 g/mol. The molecule has 0 fully saturated rings. The van der Waals surface area contributed by atoms with E-state index in [0.29, 0.717) is 0 Å². The van der Waals surface area contributed by atoms with Crippen LogP contribution in [-0.2, 0) is 16.6 Å². The number of benzene rings is 2. The van der Waals surface area contributed by atoms with E-state index in [-0.39, 0.29) is 24.5 Å². The molecule has 0 spiro atoms. The standard InChI is InChI=1S/C21H25N3O4S/c1-3-24(29(27,28)19-10-8-16(2)9-11-19)15-18(25)14-23-13-17(12-22-26)20-6-4-5-7-21(20)23/h4-13,18,25-26H,3,14-15H2,1-2H3. The molecule has 29 heavy (non-hydrogen) atoms. The molecular weight excluding hydrogens is 390 g/mol. The summed E-state index contributed by atoms with van der Waals surface area (Å²) >= 11 is 0. The van der Waals surface area contributed by atoms with Crippen molar-refractivity contribution in [2.45, 2.75) is 31.4 Å². The van der Waals surface area contributed by atoms with Crippen molar-refractivity contribution in [2.75, 3.05) is 13.1 Å². The quantitative estimate of drug-likeness (QED) is 0.336. The van der Waals surface area contributed by atoms with Gasteiger partial charge in [0.2, 0.25) is 10.0 Å². The van der Waals surface area contributed by atoms with Crippen LogP contribution in [-0.4, -0.2) is 53.0 Å². The molecule has 1 unspecified atom stereocenters. The summed E-state index contributed by atoms with van der Waals surface area (Å²) in [6.07, 6.45) is 2.20. The van der Waals surface area contributed by atoms with Crippen LogP contribution in [0.3, 0.4) is 0 Å². The number of likely N-dealkylation sites (N-methyl/N-ethyl adjacent to an activating group) is 1. The van der Waals surface area contributed by atoms with E-state index in [9.17, 15) is 13.5 Å². The van der Waals surface area contributed by atoms with Crippen LogP contribution < -0.4 is 0 Å². The third-order valence-corrected chi connectivity index (χ3v) is 6.80. The molecule has 3 aromatic rings. The summed E-state index contributed by atoms with van der Waals surface area (Å²) in [5, 5.41) is 23.5. The summed E-state index contributed by atoms with van der Waals surface area (Å²) in [6, 6.07) is 14.2. The van der Waals surface area contributed by atoms with Crippen LogP contribution >= 0.6 is 0 Å². The van der Waals surface area contributed by atoms with Crippen LogP contribution in [0, 0.1) is 6.92 Å². The molecule has 2 N–H and O–H groups in total. The summed E-state index contributed by atoms with van der Waals surface area (Å²) in [5.41, 5.74) is 2.56. The molecule has 0 radical (unpaired) electrons. The second kappa shape index (κ2) is 8.77. The lowest BCUT2D eigenvalue weighted by atomic mass is 10.2. The van der Waals surface area contributed by atoms with Gasteiger partial charge in [0.1, 0.15) is 0 Å². The number of aliphatic hydroxyl groups is 1. The molecule has 0 aliphatic carbocycles. The molecule has 0 aliphatic heterocycles. The van der Waals surface area contributed by atoms with Gasteiger partial charge in [-0.3, -0.25) is 0 Å².